The maximum Gasteiger partial charge on any atom is 0.0376 e. The number of hydrogen-bond acceptors (Lipinski definition) is 2. The molecule has 0 aromatic heterocycles. The van der Waals surface area contributed by atoms with E-state index in [1.807, 2.05) is 0 Å². The summed E-state index contributed by atoms with van der Waals surface area (Å²) in [7, 11) is 0. The molecule has 0 atom stereocenters. The number of hydrogen-bond donors (Lipinski definition) is 1. The fourth-order valence-electron chi connectivity index (χ4n) is 2.76. The van der Waals surface area contributed by atoms with Gasteiger partial charge in [0.15, 0.2) is 0 Å². The Kier molecular flexibility index (Phi) is 5.26. The molecular weight excluding hydrogens is 232 g/mol. The fraction of sp³-hybridized carbons (Fsp3) is 0.647. The molecule has 19 heavy (non-hydrogen) atoms. The second kappa shape index (κ2) is 6.95. The summed E-state index contributed by atoms with van der Waals surface area (Å²) >= 11 is 0. The first kappa shape index (κ1) is 14.4. The van der Waals surface area contributed by atoms with E-state index in [2.05, 4.69) is 49.2 Å². The molecule has 0 saturated heterocycles. The number of fused-ring (bicyclic) bond motifs is 1. The topological polar surface area (TPSA) is 15.3 Å². The molecule has 0 bridgehead atoms. The first-order valence-electron chi connectivity index (χ1n) is 7.80. The van der Waals surface area contributed by atoms with Gasteiger partial charge in [0.05, 0.1) is 0 Å². The van der Waals surface area contributed by atoms with Gasteiger partial charge in [0.2, 0.25) is 0 Å². The lowest BCUT2D eigenvalue weighted by Gasteiger charge is -2.26. The molecular formula is C17H28N2. The number of benzene rings is 1. The van der Waals surface area contributed by atoms with Crippen molar-refractivity contribution < 1.29 is 0 Å². The van der Waals surface area contributed by atoms with E-state index in [0.717, 1.165) is 13.1 Å². The fourth-order valence-corrected chi connectivity index (χ4v) is 2.76. The summed E-state index contributed by atoms with van der Waals surface area (Å²) in [6.45, 7) is 10.3. The van der Waals surface area contributed by atoms with Crippen LogP contribution >= 0.6 is 0 Å². The van der Waals surface area contributed by atoms with Crippen molar-refractivity contribution in [2.45, 2.75) is 59.0 Å². The summed E-state index contributed by atoms with van der Waals surface area (Å²) < 4.78 is 0. The van der Waals surface area contributed by atoms with Gasteiger partial charge in [0.1, 0.15) is 0 Å². The van der Waals surface area contributed by atoms with Crippen LogP contribution in [0.5, 0.6) is 0 Å². The summed E-state index contributed by atoms with van der Waals surface area (Å²) in [4.78, 5) is 2.59. The molecule has 2 rings (SSSR count). The zero-order valence-corrected chi connectivity index (χ0v) is 12.7. The molecule has 1 aliphatic heterocycles. The highest BCUT2D eigenvalue weighted by Crippen LogP contribution is 2.24. The van der Waals surface area contributed by atoms with Crippen LogP contribution in [0.1, 0.15) is 51.2 Å². The van der Waals surface area contributed by atoms with Crippen molar-refractivity contribution >= 4 is 5.69 Å². The summed E-state index contributed by atoms with van der Waals surface area (Å²) in [5.41, 5.74) is 4.28. The molecule has 2 heteroatoms. The van der Waals surface area contributed by atoms with Crippen molar-refractivity contribution in [2.24, 2.45) is 0 Å². The van der Waals surface area contributed by atoms with Crippen LogP contribution in [-0.4, -0.2) is 24.0 Å². The average Bonchev–Trinajstić information content (AvgIpc) is 2.85. The number of unbranched alkanes of at least 4 members (excludes halogenated alkanes) is 2. The first-order valence-corrected chi connectivity index (χ1v) is 7.80. The van der Waals surface area contributed by atoms with E-state index in [-0.39, 0.29) is 0 Å². The van der Waals surface area contributed by atoms with Crippen LogP contribution in [0.15, 0.2) is 18.2 Å². The van der Waals surface area contributed by atoms with Gasteiger partial charge in [-0.1, -0.05) is 31.9 Å². The van der Waals surface area contributed by atoms with Gasteiger partial charge in [-0.05, 0) is 50.4 Å². The van der Waals surface area contributed by atoms with Crippen LogP contribution in [0, 0.1) is 0 Å². The molecule has 0 aliphatic carbocycles. The third-order valence-corrected chi connectivity index (χ3v) is 4.05. The second-order valence-electron chi connectivity index (χ2n) is 5.94. The van der Waals surface area contributed by atoms with E-state index in [1.165, 1.54) is 49.0 Å². The second-order valence-corrected chi connectivity index (χ2v) is 5.94. The van der Waals surface area contributed by atoms with Crippen LogP contribution < -0.4 is 5.32 Å². The Morgan fingerprint density at radius 1 is 1.26 bits per heavy atom. The monoisotopic (exact) mass is 260 g/mol. The minimum absolute atomic E-state index is 0.623. The predicted molar refractivity (Wildman–Crippen MR) is 83.7 cm³/mol. The average molecular weight is 260 g/mol. The summed E-state index contributed by atoms with van der Waals surface area (Å²) in [6, 6.07) is 7.58. The van der Waals surface area contributed by atoms with Crippen LogP contribution in [0.4, 0.5) is 5.69 Å². The SMILES string of the molecule is CCCCCN(Cc1ccc2c(c1)NCC2)C(C)C. The molecule has 106 valence electrons. The highest BCUT2D eigenvalue weighted by Gasteiger charge is 2.13. The van der Waals surface area contributed by atoms with Gasteiger partial charge in [-0.2, -0.15) is 0 Å². The van der Waals surface area contributed by atoms with E-state index in [0.29, 0.717) is 6.04 Å². The zero-order chi connectivity index (χ0) is 13.7. The van der Waals surface area contributed by atoms with Crippen LogP contribution in [0.3, 0.4) is 0 Å². The third kappa shape index (κ3) is 3.97. The molecule has 0 spiro atoms. The third-order valence-electron chi connectivity index (χ3n) is 4.05. The normalized spacial score (nSPS) is 13.9. The minimum atomic E-state index is 0.623. The summed E-state index contributed by atoms with van der Waals surface area (Å²) in [5, 5.41) is 3.48. The van der Waals surface area contributed by atoms with Crippen LogP contribution in [0.2, 0.25) is 0 Å². The van der Waals surface area contributed by atoms with Crippen molar-refractivity contribution in [3.8, 4) is 0 Å². The van der Waals surface area contributed by atoms with E-state index in [4.69, 9.17) is 0 Å². The number of rotatable bonds is 7. The molecule has 1 aliphatic rings. The maximum absolute atomic E-state index is 3.48. The van der Waals surface area contributed by atoms with Crippen molar-refractivity contribution in [3.63, 3.8) is 0 Å². The molecule has 0 saturated carbocycles. The molecule has 0 fully saturated rings. The van der Waals surface area contributed by atoms with E-state index < -0.39 is 0 Å². The Morgan fingerprint density at radius 2 is 2.11 bits per heavy atom. The minimum Gasteiger partial charge on any atom is -0.384 e. The molecule has 1 N–H and O–H groups in total. The smallest absolute Gasteiger partial charge is 0.0376 e. The van der Waals surface area contributed by atoms with Gasteiger partial charge >= 0.3 is 0 Å². The van der Waals surface area contributed by atoms with Crippen LogP contribution in [-0.2, 0) is 13.0 Å². The molecule has 2 nitrogen and oxygen atoms in total. The number of nitrogens with one attached hydrogen (secondary N) is 1. The lowest BCUT2D eigenvalue weighted by molar-refractivity contribution is 0.208. The van der Waals surface area contributed by atoms with Gasteiger partial charge in [-0.3, -0.25) is 4.90 Å². The quantitative estimate of drug-likeness (QED) is 0.744. The van der Waals surface area contributed by atoms with Crippen molar-refractivity contribution in [1.29, 1.82) is 0 Å². The number of anilines is 1. The predicted octanol–water partition coefficient (Wildman–Crippen LogP) is 4.06. The largest absolute Gasteiger partial charge is 0.384 e. The summed E-state index contributed by atoms with van der Waals surface area (Å²) in [6.07, 6.45) is 5.14. The van der Waals surface area contributed by atoms with Crippen molar-refractivity contribution in [2.75, 3.05) is 18.4 Å². The Hall–Kier alpha value is -1.02. The Balaban J connectivity index is 1.96. The van der Waals surface area contributed by atoms with Gasteiger partial charge in [0, 0.05) is 24.8 Å². The molecule has 0 amide bonds. The Labute approximate surface area is 118 Å². The van der Waals surface area contributed by atoms with E-state index in [1.54, 1.807) is 0 Å². The highest BCUT2D eigenvalue weighted by atomic mass is 15.1. The molecule has 1 aromatic rings. The molecule has 1 heterocycles. The Morgan fingerprint density at radius 3 is 2.84 bits per heavy atom. The summed E-state index contributed by atoms with van der Waals surface area (Å²) in [5.74, 6) is 0. The first-order chi connectivity index (χ1) is 9.20. The number of nitrogens with zero attached hydrogens (tertiary/aromatic N) is 1. The lowest BCUT2D eigenvalue weighted by Crippen LogP contribution is -2.31. The van der Waals surface area contributed by atoms with Crippen molar-refractivity contribution in [1.82, 2.24) is 4.90 Å². The van der Waals surface area contributed by atoms with E-state index in [9.17, 15) is 0 Å². The Bertz CT molecular complexity index is 398. The van der Waals surface area contributed by atoms with Gasteiger partial charge < -0.3 is 5.32 Å². The maximum atomic E-state index is 3.48. The molecule has 0 unspecified atom stereocenters. The van der Waals surface area contributed by atoms with Gasteiger partial charge in [-0.15, -0.1) is 0 Å². The molecule has 1 aromatic carbocycles. The van der Waals surface area contributed by atoms with Gasteiger partial charge in [0.25, 0.3) is 0 Å². The van der Waals surface area contributed by atoms with Crippen LogP contribution in [0.25, 0.3) is 0 Å². The zero-order valence-electron chi connectivity index (χ0n) is 12.7. The lowest BCUT2D eigenvalue weighted by atomic mass is 10.1. The standard InChI is InChI=1S/C17H28N2/c1-4-5-6-11-19(14(2)3)13-15-7-8-16-9-10-18-17(16)12-15/h7-8,12,14,18H,4-6,9-11,13H2,1-3H3. The van der Waals surface area contributed by atoms with Crippen molar-refractivity contribution in [3.05, 3.63) is 29.3 Å². The highest BCUT2D eigenvalue weighted by molar-refractivity contribution is 5.57. The molecule has 0 radical (unpaired) electrons. The van der Waals surface area contributed by atoms with Gasteiger partial charge in [-0.25, -0.2) is 0 Å². The van der Waals surface area contributed by atoms with E-state index >= 15 is 0 Å².